The van der Waals surface area contributed by atoms with Gasteiger partial charge in [-0.15, -0.1) is 0 Å². The number of benzene rings is 1. The summed E-state index contributed by atoms with van der Waals surface area (Å²) in [5.74, 6) is 1.19. The fourth-order valence-electron chi connectivity index (χ4n) is 1.29. The monoisotopic (exact) mass is 238 g/mol. The smallest absolute Gasteiger partial charge is 0.184 e. The predicted molar refractivity (Wildman–Crippen MR) is 60.8 cm³/mol. The molecule has 0 aliphatic carbocycles. The van der Waals surface area contributed by atoms with Crippen LogP contribution >= 0.6 is 11.6 Å². The summed E-state index contributed by atoms with van der Waals surface area (Å²) < 4.78 is 7.03. The molecule has 0 spiro atoms. The van der Waals surface area contributed by atoms with Gasteiger partial charge in [-0.1, -0.05) is 29.8 Å². The number of hydrogen-bond acceptors (Lipinski definition) is 3. The van der Waals surface area contributed by atoms with Crippen molar-refractivity contribution in [2.45, 2.75) is 6.54 Å². The van der Waals surface area contributed by atoms with Crippen LogP contribution in [0, 0.1) is 0 Å². The molecule has 0 atom stereocenters. The molecule has 0 radical (unpaired) electrons. The fourth-order valence-corrected chi connectivity index (χ4v) is 1.50. The van der Waals surface area contributed by atoms with Crippen LogP contribution in [-0.4, -0.2) is 21.5 Å². The Balaban J connectivity index is 2.16. The molecular formula is C11H11ClN2O2. The van der Waals surface area contributed by atoms with Gasteiger partial charge in [-0.25, -0.2) is 4.68 Å². The third kappa shape index (κ3) is 2.35. The van der Waals surface area contributed by atoms with Crippen molar-refractivity contribution in [1.82, 2.24) is 9.78 Å². The normalized spacial score (nSPS) is 10.4. The summed E-state index contributed by atoms with van der Waals surface area (Å²) in [7, 11) is 0. The fraction of sp³-hybridized carbons (Fsp3) is 0.182. The molecule has 0 fully saturated rings. The summed E-state index contributed by atoms with van der Waals surface area (Å²) in [6.45, 7) is 0.350. The Morgan fingerprint density at radius 3 is 2.75 bits per heavy atom. The van der Waals surface area contributed by atoms with Crippen LogP contribution in [0.5, 0.6) is 11.5 Å². The molecule has 1 N–H and O–H groups in total. The van der Waals surface area contributed by atoms with Gasteiger partial charge in [0, 0.05) is 0 Å². The molecule has 1 aromatic carbocycles. The molecule has 2 rings (SSSR count). The summed E-state index contributed by atoms with van der Waals surface area (Å²) in [6.07, 6.45) is 1.53. The van der Waals surface area contributed by atoms with Crippen molar-refractivity contribution < 1.29 is 9.84 Å². The first-order chi connectivity index (χ1) is 7.81. The summed E-state index contributed by atoms with van der Waals surface area (Å²) in [5, 5.41) is 13.2. The lowest BCUT2D eigenvalue weighted by atomic mass is 10.3. The highest BCUT2D eigenvalue weighted by molar-refractivity contribution is 6.31. The van der Waals surface area contributed by atoms with Crippen molar-refractivity contribution in [2.75, 3.05) is 6.61 Å². The highest BCUT2D eigenvalue weighted by atomic mass is 35.5. The van der Waals surface area contributed by atoms with Crippen LogP contribution in [0.25, 0.3) is 0 Å². The maximum atomic E-state index is 8.78. The van der Waals surface area contributed by atoms with E-state index in [0.29, 0.717) is 23.2 Å². The first kappa shape index (κ1) is 11.0. The van der Waals surface area contributed by atoms with E-state index >= 15 is 0 Å². The lowest BCUT2D eigenvalue weighted by molar-refractivity contribution is 0.269. The van der Waals surface area contributed by atoms with E-state index in [1.165, 1.54) is 10.9 Å². The molecule has 0 saturated carbocycles. The number of para-hydroxylation sites is 1. The van der Waals surface area contributed by atoms with Crippen molar-refractivity contribution in [3.8, 4) is 11.5 Å². The van der Waals surface area contributed by atoms with Gasteiger partial charge in [-0.2, -0.15) is 5.10 Å². The second-order valence-corrected chi connectivity index (χ2v) is 3.52. The van der Waals surface area contributed by atoms with Gasteiger partial charge in [0.1, 0.15) is 5.75 Å². The van der Waals surface area contributed by atoms with Gasteiger partial charge in [0.25, 0.3) is 0 Å². The minimum absolute atomic E-state index is 0.00776. The van der Waals surface area contributed by atoms with E-state index < -0.39 is 0 Å². The minimum Gasteiger partial charge on any atom is -0.452 e. The number of aliphatic hydroxyl groups is 1. The Labute approximate surface area is 98.0 Å². The minimum atomic E-state index is -0.00776. The van der Waals surface area contributed by atoms with Gasteiger partial charge in [0.2, 0.25) is 0 Å². The zero-order valence-electron chi connectivity index (χ0n) is 8.51. The Morgan fingerprint density at radius 2 is 2.06 bits per heavy atom. The quantitative estimate of drug-likeness (QED) is 0.889. The number of hydrogen-bond donors (Lipinski definition) is 1. The molecule has 0 unspecified atom stereocenters. The van der Waals surface area contributed by atoms with Crippen LogP contribution < -0.4 is 4.74 Å². The first-order valence-electron chi connectivity index (χ1n) is 4.86. The van der Waals surface area contributed by atoms with E-state index in [9.17, 15) is 0 Å². The molecule has 16 heavy (non-hydrogen) atoms. The predicted octanol–water partition coefficient (Wildman–Crippen LogP) is 2.32. The average Bonchev–Trinajstić information content (AvgIpc) is 2.64. The standard InChI is InChI=1S/C11H11ClN2O2/c12-11-10(8-13-14(11)6-7-15)16-9-4-2-1-3-5-9/h1-5,8,15H,6-7H2. The largest absolute Gasteiger partial charge is 0.452 e. The van der Waals surface area contributed by atoms with Gasteiger partial charge in [0.05, 0.1) is 19.3 Å². The first-order valence-corrected chi connectivity index (χ1v) is 5.24. The molecule has 0 aliphatic rings. The summed E-state index contributed by atoms with van der Waals surface area (Å²) in [4.78, 5) is 0. The van der Waals surface area contributed by atoms with E-state index in [1.54, 1.807) is 0 Å². The molecule has 4 nitrogen and oxygen atoms in total. The van der Waals surface area contributed by atoms with Crippen molar-refractivity contribution in [3.05, 3.63) is 41.7 Å². The number of aromatic nitrogens is 2. The summed E-state index contributed by atoms with van der Waals surface area (Å²) in [6, 6.07) is 9.33. The Kier molecular flexibility index (Phi) is 3.44. The molecule has 1 aromatic heterocycles. The molecule has 0 bridgehead atoms. The van der Waals surface area contributed by atoms with Crippen molar-refractivity contribution >= 4 is 11.6 Å². The van der Waals surface area contributed by atoms with Crippen LogP contribution in [-0.2, 0) is 6.54 Å². The maximum absolute atomic E-state index is 8.78. The number of aliphatic hydroxyl groups excluding tert-OH is 1. The molecule has 5 heteroatoms. The maximum Gasteiger partial charge on any atom is 0.184 e. The van der Waals surface area contributed by atoms with E-state index in [0.717, 1.165) is 0 Å². The van der Waals surface area contributed by atoms with Gasteiger partial charge >= 0.3 is 0 Å². The Morgan fingerprint density at radius 1 is 1.31 bits per heavy atom. The van der Waals surface area contributed by atoms with Crippen LogP contribution in [0.1, 0.15) is 0 Å². The van der Waals surface area contributed by atoms with Crippen molar-refractivity contribution in [2.24, 2.45) is 0 Å². The molecule has 0 amide bonds. The zero-order valence-corrected chi connectivity index (χ0v) is 9.26. The summed E-state index contributed by atoms with van der Waals surface area (Å²) in [5.41, 5.74) is 0. The molecule has 1 heterocycles. The molecule has 0 aliphatic heterocycles. The van der Waals surface area contributed by atoms with E-state index in [1.807, 2.05) is 30.3 Å². The molecule has 84 valence electrons. The number of rotatable bonds is 4. The second-order valence-electron chi connectivity index (χ2n) is 3.16. The second kappa shape index (κ2) is 5.01. The molecule has 2 aromatic rings. The van der Waals surface area contributed by atoms with E-state index in [-0.39, 0.29) is 6.61 Å². The Bertz CT molecular complexity index is 456. The van der Waals surface area contributed by atoms with E-state index in [2.05, 4.69) is 5.10 Å². The van der Waals surface area contributed by atoms with Crippen LogP contribution in [0.2, 0.25) is 5.15 Å². The van der Waals surface area contributed by atoms with Gasteiger partial charge in [0.15, 0.2) is 10.9 Å². The molecular weight excluding hydrogens is 228 g/mol. The van der Waals surface area contributed by atoms with Gasteiger partial charge in [-0.05, 0) is 12.1 Å². The van der Waals surface area contributed by atoms with Crippen molar-refractivity contribution in [3.63, 3.8) is 0 Å². The average molecular weight is 239 g/mol. The molecule has 0 saturated heterocycles. The summed E-state index contributed by atoms with van der Waals surface area (Å²) >= 11 is 6.02. The highest BCUT2D eigenvalue weighted by Gasteiger charge is 2.09. The SMILES string of the molecule is OCCn1ncc(Oc2ccccc2)c1Cl. The van der Waals surface area contributed by atoms with Crippen LogP contribution in [0.15, 0.2) is 36.5 Å². The van der Waals surface area contributed by atoms with E-state index in [4.69, 9.17) is 21.4 Å². The number of ether oxygens (including phenoxy) is 1. The van der Waals surface area contributed by atoms with Gasteiger partial charge in [-0.3, -0.25) is 0 Å². The van der Waals surface area contributed by atoms with Gasteiger partial charge < -0.3 is 9.84 Å². The lowest BCUT2D eigenvalue weighted by Crippen LogP contribution is -2.03. The van der Waals surface area contributed by atoms with Crippen molar-refractivity contribution in [1.29, 1.82) is 0 Å². The van der Waals surface area contributed by atoms with Crippen LogP contribution in [0.3, 0.4) is 0 Å². The topological polar surface area (TPSA) is 47.3 Å². The van der Waals surface area contributed by atoms with Crippen LogP contribution in [0.4, 0.5) is 0 Å². The zero-order chi connectivity index (χ0) is 11.4. The number of nitrogens with zero attached hydrogens (tertiary/aromatic N) is 2. The Hall–Kier alpha value is -1.52. The highest BCUT2D eigenvalue weighted by Crippen LogP contribution is 2.28. The third-order valence-electron chi connectivity index (χ3n) is 2.03. The number of halogens is 1. The lowest BCUT2D eigenvalue weighted by Gasteiger charge is -2.03. The third-order valence-corrected chi connectivity index (χ3v) is 2.41.